The van der Waals surface area contributed by atoms with Gasteiger partial charge in [0, 0.05) is 7.05 Å². The number of aryl methyl sites for hydroxylation is 2. The van der Waals surface area contributed by atoms with Crippen molar-refractivity contribution in [3.05, 3.63) is 52.8 Å². The molecule has 0 radical (unpaired) electrons. The Kier molecular flexibility index (Phi) is 4.61. The lowest BCUT2D eigenvalue weighted by molar-refractivity contribution is 0.209. The summed E-state index contributed by atoms with van der Waals surface area (Å²) in [4.78, 5) is 0. The molecule has 20 heavy (non-hydrogen) atoms. The quantitative estimate of drug-likeness (QED) is 0.907. The van der Waals surface area contributed by atoms with E-state index in [0.717, 1.165) is 29.8 Å². The van der Waals surface area contributed by atoms with Crippen LogP contribution in [0.4, 0.5) is 0 Å². The number of aromatic nitrogens is 2. The Morgan fingerprint density at radius 3 is 2.60 bits per heavy atom. The summed E-state index contributed by atoms with van der Waals surface area (Å²) in [6.07, 6.45) is 1.31. The molecule has 0 fully saturated rings. The number of hydrogen-bond donors (Lipinski definition) is 1. The van der Waals surface area contributed by atoms with E-state index in [1.807, 2.05) is 25.2 Å². The van der Waals surface area contributed by atoms with Crippen LogP contribution in [-0.4, -0.2) is 14.9 Å². The van der Waals surface area contributed by atoms with Crippen LogP contribution < -0.4 is 0 Å². The van der Waals surface area contributed by atoms with E-state index in [-0.39, 0.29) is 0 Å². The average Bonchev–Trinajstić information content (AvgIpc) is 2.79. The molecule has 3 heteroatoms. The Morgan fingerprint density at radius 1 is 1.25 bits per heavy atom. The van der Waals surface area contributed by atoms with Crippen molar-refractivity contribution in [1.82, 2.24) is 9.78 Å². The second-order valence-electron chi connectivity index (χ2n) is 5.78. The van der Waals surface area contributed by atoms with Gasteiger partial charge in [-0.3, -0.25) is 4.68 Å². The van der Waals surface area contributed by atoms with Crippen LogP contribution in [0.25, 0.3) is 0 Å². The van der Waals surface area contributed by atoms with Gasteiger partial charge < -0.3 is 5.11 Å². The van der Waals surface area contributed by atoms with Crippen LogP contribution in [0.3, 0.4) is 0 Å². The summed E-state index contributed by atoms with van der Waals surface area (Å²) in [6.45, 7) is 6.48. The summed E-state index contributed by atoms with van der Waals surface area (Å²) in [7, 11) is 1.88. The highest BCUT2D eigenvalue weighted by molar-refractivity contribution is 5.31. The minimum Gasteiger partial charge on any atom is -0.382 e. The number of benzene rings is 1. The number of rotatable bonds is 5. The molecule has 1 atom stereocenters. The molecular weight excluding hydrogens is 248 g/mol. The van der Waals surface area contributed by atoms with Crippen LogP contribution in [0.15, 0.2) is 30.3 Å². The highest BCUT2D eigenvalue weighted by atomic mass is 16.3. The molecule has 2 rings (SSSR count). The fourth-order valence-electron chi connectivity index (χ4n) is 2.50. The summed E-state index contributed by atoms with van der Waals surface area (Å²) in [5.41, 5.74) is 4.08. The van der Waals surface area contributed by atoms with Crippen LogP contribution in [0, 0.1) is 5.92 Å². The lowest BCUT2D eigenvalue weighted by Gasteiger charge is -2.13. The molecule has 1 unspecified atom stereocenters. The molecule has 0 saturated heterocycles. The number of hydrogen-bond acceptors (Lipinski definition) is 2. The minimum absolute atomic E-state index is 0.611. The summed E-state index contributed by atoms with van der Waals surface area (Å²) >= 11 is 0. The highest BCUT2D eigenvalue weighted by Gasteiger charge is 2.16. The van der Waals surface area contributed by atoms with Gasteiger partial charge in [-0.05, 0) is 36.0 Å². The fourth-order valence-corrected chi connectivity index (χ4v) is 2.50. The van der Waals surface area contributed by atoms with Gasteiger partial charge >= 0.3 is 0 Å². The van der Waals surface area contributed by atoms with Crippen molar-refractivity contribution in [2.24, 2.45) is 13.0 Å². The second-order valence-corrected chi connectivity index (χ2v) is 5.78. The number of aliphatic hydroxyl groups excluding tert-OH is 1. The van der Waals surface area contributed by atoms with Gasteiger partial charge in [-0.2, -0.15) is 5.10 Å². The monoisotopic (exact) mass is 272 g/mol. The maximum absolute atomic E-state index is 10.6. The zero-order valence-electron chi connectivity index (χ0n) is 12.8. The summed E-state index contributed by atoms with van der Waals surface area (Å²) in [6, 6.07) is 10.2. The lowest BCUT2D eigenvalue weighted by Crippen LogP contribution is -2.07. The molecule has 1 aromatic carbocycles. The van der Waals surface area contributed by atoms with E-state index in [0.29, 0.717) is 5.92 Å². The molecule has 1 heterocycles. The lowest BCUT2D eigenvalue weighted by atomic mass is 9.98. The normalized spacial score (nSPS) is 12.9. The molecule has 2 aromatic rings. The van der Waals surface area contributed by atoms with Crippen molar-refractivity contribution in [1.29, 1.82) is 0 Å². The van der Waals surface area contributed by atoms with Gasteiger partial charge in [-0.1, -0.05) is 45.0 Å². The van der Waals surface area contributed by atoms with Crippen molar-refractivity contribution in [3.8, 4) is 0 Å². The van der Waals surface area contributed by atoms with Crippen molar-refractivity contribution in [2.45, 2.75) is 39.7 Å². The van der Waals surface area contributed by atoms with Gasteiger partial charge in [0.1, 0.15) is 6.10 Å². The van der Waals surface area contributed by atoms with Crippen molar-refractivity contribution in [2.75, 3.05) is 0 Å². The zero-order chi connectivity index (χ0) is 14.7. The van der Waals surface area contributed by atoms with E-state index in [2.05, 4.69) is 38.0 Å². The Morgan fingerprint density at radius 2 is 2.00 bits per heavy atom. The predicted molar refractivity (Wildman–Crippen MR) is 81.6 cm³/mol. The summed E-state index contributed by atoms with van der Waals surface area (Å²) in [5.74, 6) is 0.616. The third-order valence-electron chi connectivity index (χ3n) is 3.52. The van der Waals surface area contributed by atoms with Gasteiger partial charge in [-0.25, -0.2) is 0 Å². The Labute approximate surface area is 121 Å². The Balaban J connectivity index is 2.27. The van der Waals surface area contributed by atoms with E-state index in [9.17, 15) is 5.11 Å². The standard InChI is InChI=1S/C17H24N2O/c1-5-15-11-16(19(4)18-15)17(20)14-8-6-7-13(10-14)9-12(2)3/h6-8,10-12,17,20H,5,9H2,1-4H3. The van der Waals surface area contributed by atoms with Crippen LogP contribution in [-0.2, 0) is 19.9 Å². The van der Waals surface area contributed by atoms with E-state index in [1.54, 1.807) is 4.68 Å². The first-order valence-corrected chi connectivity index (χ1v) is 7.31. The average molecular weight is 272 g/mol. The molecule has 0 aliphatic rings. The van der Waals surface area contributed by atoms with E-state index in [1.165, 1.54) is 5.56 Å². The maximum atomic E-state index is 10.6. The smallest absolute Gasteiger partial charge is 0.121 e. The Hall–Kier alpha value is -1.61. The number of aliphatic hydroxyl groups is 1. The van der Waals surface area contributed by atoms with E-state index in [4.69, 9.17) is 0 Å². The first-order chi connectivity index (χ1) is 9.51. The van der Waals surface area contributed by atoms with Gasteiger partial charge in [0.05, 0.1) is 11.4 Å². The topological polar surface area (TPSA) is 38.0 Å². The first kappa shape index (κ1) is 14.8. The first-order valence-electron chi connectivity index (χ1n) is 7.31. The maximum Gasteiger partial charge on any atom is 0.121 e. The molecule has 3 nitrogen and oxygen atoms in total. The van der Waals surface area contributed by atoms with Gasteiger partial charge in [0.25, 0.3) is 0 Å². The third kappa shape index (κ3) is 3.28. The molecule has 1 aromatic heterocycles. The molecule has 0 saturated carbocycles. The summed E-state index contributed by atoms with van der Waals surface area (Å²) in [5, 5.41) is 15.0. The minimum atomic E-state index is -0.611. The van der Waals surface area contributed by atoms with Crippen LogP contribution in [0.2, 0.25) is 0 Å². The van der Waals surface area contributed by atoms with Crippen molar-refractivity contribution < 1.29 is 5.11 Å². The van der Waals surface area contributed by atoms with Gasteiger partial charge in [-0.15, -0.1) is 0 Å². The third-order valence-corrected chi connectivity index (χ3v) is 3.52. The van der Waals surface area contributed by atoms with Crippen LogP contribution >= 0.6 is 0 Å². The Bertz CT molecular complexity index is 572. The van der Waals surface area contributed by atoms with Gasteiger partial charge in [0.15, 0.2) is 0 Å². The fraction of sp³-hybridized carbons (Fsp3) is 0.471. The molecular formula is C17H24N2O. The second kappa shape index (κ2) is 6.23. The van der Waals surface area contributed by atoms with Crippen LogP contribution in [0.1, 0.15) is 49.4 Å². The largest absolute Gasteiger partial charge is 0.382 e. The molecule has 0 aliphatic carbocycles. The molecule has 1 N–H and O–H groups in total. The molecule has 0 amide bonds. The predicted octanol–water partition coefficient (Wildman–Crippen LogP) is 3.26. The molecule has 0 aliphatic heterocycles. The van der Waals surface area contributed by atoms with Crippen LogP contribution in [0.5, 0.6) is 0 Å². The van der Waals surface area contributed by atoms with E-state index >= 15 is 0 Å². The van der Waals surface area contributed by atoms with Crippen molar-refractivity contribution in [3.63, 3.8) is 0 Å². The van der Waals surface area contributed by atoms with E-state index < -0.39 is 6.10 Å². The molecule has 0 spiro atoms. The number of nitrogens with zero attached hydrogens (tertiary/aromatic N) is 2. The molecule has 108 valence electrons. The van der Waals surface area contributed by atoms with Gasteiger partial charge in [0.2, 0.25) is 0 Å². The van der Waals surface area contributed by atoms with Crippen molar-refractivity contribution >= 4 is 0 Å². The SMILES string of the molecule is CCc1cc(C(O)c2cccc(CC(C)C)c2)n(C)n1. The molecule has 0 bridgehead atoms. The zero-order valence-corrected chi connectivity index (χ0v) is 12.8. The summed E-state index contributed by atoms with van der Waals surface area (Å²) < 4.78 is 1.78. The highest BCUT2D eigenvalue weighted by Crippen LogP contribution is 2.24.